The predicted molar refractivity (Wildman–Crippen MR) is 110 cm³/mol. The molecule has 0 aliphatic heterocycles. The van der Waals surface area contributed by atoms with Crippen LogP contribution in [0.15, 0.2) is 71.8 Å². The molecule has 0 saturated carbocycles. The van der Waals surface area contributed by atoms with Crippen LogP contribution in [-0.4, -0.2) is 25.4 Å². The van der Waals surface area contributed by atoms with Crippen LogP contribution in [-0.2, 0) is 10.8 Å². The van der Waals surface area contributed by atoms with Gasteiger partial charge in [0.1, 0.15) is 11.6 Å². The summed E-state index contributed by atoms with van der Waals surface area (Å²) in [6.45, 7) is 1.93. The number of hydrogen-bond donors (Lipinski definition) is 1. The number of rotatable bonds is 4. The number of imidazole rings is 1. The largest absolute Gasteiger partial charge is 0.337 e. The first kappa shape index (κ1) is 18.3. The Morgan fingerprint density at radius 2 is 1.61 bits per heavy atom. The minimum absolute atomic E-state index is 0.288. The molecule has 0 aliphatic rings. The van der Waals surface area contributed by atoms with Gasteiger partial charge >= 0.3 is 0 Å². The number of benzene rings is 2. The van der Waals surface area contributed by atoms with Gasteiger partial charge in [-0.2, -0.15) is 0 Å². The van der Waals surface area contributed by atoms with E-state index in [-0.39, 0.29) is 5.82 Å². The van der Waals surface area contributed by atoms with Crippen LogP contribution >= 0.6 is 0 Å². The van der Waals surface area contributed by atoms with Crippen LogP contribution in [0, 0.1) is 12.7 Å². The Morgan fingerprint density at radius 1 is 0.929 bits per heavy atom. The average Bonchev–Trinajstić information content (AvgIpc) is 3.14. The van der Waals surface area contributed by atoms with Crippen molar-refractivity contribution in [3.8, 4) is 33.9 Å². The van der Waals surface area contributed by atoms with Crippen molar-refractivity contribution in [1.29, 1.82) is 0 Å². The van der Waals surface area contributed by atoms with Crippen molar-refractivity contribution in [2.75, 3.05) is 6.26 Å². The molecule has 1 atom stereocenters. The number of nitrogens with zero attached hydrogens (tertiary/aromatic N) is 2. The first-order valence-electron chi connectivity index (χ1n) is 8.74. The normalized spacial score (nSPS) is 12.1. The van der Waals surface area contributed by atoms with Gasteiger partial charge in [0.15, 0.2) is 0 Å². The maximum absolute atomic E-state index is 13.3. The summed E-state index contributed by atoms with van der Waals surface area (Å²) < 4.78 is 25.0. The minimum atomic E-state index is -1.03. The van der Waals surface area contributed by atoms with Gasteiger partial charge in [0, 0.05) is 50.5 Å². The zero-order valence-corrected chi connectivity index (χ0v) is 16.3. The van der Waals surface area contributed by atoms with Crippen molar-refractivity contribution in [3.63, 3.8) is 0 Å². The average molecular weight is 391 g/mol. The summed E-state index contributed by atoms with van der Waals surface area (Å²) in [7, 11) is -1.03. The van der Waals surface area contributed by atoms with Crippen LogP contribution in [0.25, 0.3) is 33.9 Å². The third-order valence-electron chi connectivity index (χ3n) is 4.47. The molecule has 2 heterocycles. The van der Waals surface area contributed by atoms with E-state index in [1.807, 2.05) is 43.3 Å². The van der Waals surface area contributed by atoms with Gasteiger partial charge in [-0.1, -0.05) is 12.1 Å². The molecule has 0 fully saturated rings. The minimum Gasteiger partial charge on any atom is -0.337 e. The highest BCUT2D eigenvalue weighted by molar-refractivity contribution is 7.84. The molecule has 0 aliphatic carbocycles. The Hall–Kier alpha value is -3.12. The lowest BCUT2D eigenvalue weighted by molar-refractivity contribution is 0.628. The molecule has 6 heteroatoms. The van der Waals surface area contributed by atoms with Gasteiger partial charge < -0.3 is 4.98 Å². The number of halogens is 1. The van der Waals surface area contributed by atoms with Gasteiger partial charge in [0.2, 0.25) is 0 Å². The Labute approximate surface area is 165 Å². The molecule has 4 rings (SSSR count). The summed E-state index contributed by atoms with van der Waals surface area (Å²) in [4.78, 5) is 13.2. The van der Waals surface area contributed by atoms with Crippen molar-refractivity contribution in [2.24, 2.45) is 0 Å². The molecule has 140 valence electrons. The molecule has 4 nitrogen and oxygen atoms in total. The van der Waals surface area contributed by atoms with Gasteiger partial charge in [0.05, 0.1) is 11.4 Å². The highest BCUT2D eigenvalue weighted by Crippen LogP contribution is 2.33. The van der Waals surface area contributed by atoms with E-state index in [0.29, 0.717) is 5.82 Å². The number of pyridine rings is 1. The highest BCUT2D eigenvalue weighted by atomic mass is 32.2. The third kappa shape index (κ3) is 3.64. The molecule has 28 heavy (non-hydrogen) atoms. The fourth-order valence-corrected chi connectivity index (χ4v) is 3.56. The molecule has 0 saturated heterocycles. The topological polar surface area (TPSA) is 58.6 Å². The standard InChI is InChI=1S/C22H18FN3OS/c1-14-13-17(11-12-24-14)21-20(15-5-9-19(10-6-15)28(2)27)25-22(26-21)16-3-7-18(23)8-4-16/h3-13H,1-2H3,(H,25,26). The van der Waals surface area contributed by atoms with Crippen molar-refractivity contribution >= 4 is 10.8 Å². The number of H-pyrrole nitrogens is 1. The van der Waals surface area contributed by atoms with Gasteiger partial charge in [-0.05, 0) is 55.5 Å². The number of aromatic nitrogens is 3. The van der Waals surface area contributed by atoms with E-state index >= 15 is 0 Å². The summed E-state index contributed by atoms with van der Waals surface area (Å²) in [6, 6.07) is 17.7. The van der Waals surface area contributed by atoms with Crippen LogP contribution in [0.1, 0.15) is 5.69 Å². The molecule has 4 aromatic rings. The van der Waals surface area contributed by atoms with Gasteiger partial charge in [-0.3, -0.25) is 9.19 Å². The number of hydrogen-bond acceptors (Lipinski definition) is 3. The van der Waals surface area contributed by atoms with E-state index in [4.69, 9.17) is 4.98 Å². The van der Waals surface area contributed by atoms with Gasteiger partial charge in [0.25, 0.3) is 0 Å². The highest BCUT2D eigenvalue weighted by Gasteiger charge is 2.16. The Morgan fingerprint density at radius 3 is 2.25 bits per heavy atom. The van der Waals surface area contributed by atoms with Crippen LogP contribution in [0.3, 0.4) is 0 Å². The zero-order chi connectivity index (χ0) is 19.7. The van der Waals surface area contributed by atoms with Crippen LogP contribution in [0.5, 0.6) is 0 Å². The molecule has 0 amide bonds. The van der Waals surface area contributed by atoms with Crippen molar-refractivity contribution < 1.29 is 8.60 Å². The second kappa shape index (κ2) is 7.48. The van der Waals surface area contributed by atoms with Crippen molar-refractivity contribution in [3.05, 3.63) is 78.4 Å². The molecule has 1 N–H and O–H groups in total. The monoisotopic (exact) mass is 391 g/mol. The van der Waals surface area contributed by atoms with Crippen LogP contribution in [0.4, 0.5) is 4.39 Å². The van der Waals surface area contributed by atoms with Gasteiger partial charge in [-0.25, -0.2) is 9.37 Å². The van der Waals surface area contributed by atoms with E-state index < -0.39 is 10.8 Å². The maximum atomic E-state index is 13.3. The lowest BCUT2D eigenvalue weighted by Gasteiger charge is -2.05. The summed E-state index contributed by atoms with van der Waals surface area (Å²) >= 11 is 0. The summed E-state index contributed by atoms with van der Waals surface area (Å²) in [5.41, 5.74) is 5.20. The van der Waals surface area contributed by atoms with E-state index in [0.717, 1.165) is 38.7 Å². The lowest BCUT2D eigenvalue weighted by atomic mass is 10.1. The van der Waals surface area contributed by atoms with E-state index in [2.05, 4.69) is 9.97 Å². The van der Waals surface area contributed by atoms with Crippen LogP contribution < -0.4 is 0 Å². The molecular weight excluding hydrogens is 373 g/mol. The number of aryl methyl sites for hydroxylation is 1. The first-order valence-corrected chi connectivity index (χ1v) is 10.3. The Kier molecular flexibility index (Phi) is 4.88. The summed E-state index contributed by atoms with van der Waals surface area (Å²) in [6.07, 6.45) is 3.41. The molecule has 0 spiro atoms. The second-order valence-electron chi connectivity index (χ2n) is 6.48. The van der Waals surface area contributed by atoms with Crippen molar-refractivity contribution in [1.82, 2.24) is 15.0 Å². The Balaban J connectivity index is 1.87. The molecule has 2 aromatic carbocycles. The van der Waals surface area contributed by atoms with Crippen molar-refractivity contribution in [2.45, 2.75) is 11.8 Å². The first-order chi connectivity index (χ1) is 13.5. The molecule has 0 radical (unpaired) electrons. The van der Waals surface area contributed by atoms with E-state index in [9.17, 15) is 8.60 Å². The fourth-order valence-electron chi connectivity index (χ4n) is 3.04. The fraction of sp³-hybridized carbons (Fsp3) is 0.0909. The van der Waals surface area contributed by atoms with E-state index in [1.54, 1.807) is 24.6 Å². The summed E-state index contributed by atoms with van der Waals surface area (Å²) in [5, 5.41) is 0. The molecule has 1 unspecified atom stereocenters. The quantitative estimate of drug-likeness (QED) is 0.533. The predicted octanol–water partition coefficient (Wildman–Crippen LogP) is 4.99. The molecular formula is C22H18FN3OS. The summed E-state index contributed by atoms with van der Waals surface area (Å²) in [5.74, 6) is 0.367. The number of nitrogens with one attached hydrogen (secondary N) is 1. The Bertz CT molecular complexity index is 1150. The molecule has 2 aromatic heterocycles. The van der Waals surface area contributed by atoms with E-state index in [1.165, 1.54) is 12.1 Å². The smallest absolute Gasteiger partial charge is 0.138 e. The second-order valence-corrected chi connectivity index (χ2v) is 7.86. The SMILES string of the molecule is Cc1cc(-c2nc(-c3ccc(F)cc3)[nH]c2-c2ccc(S(C)=O)cc2)ccn1. The maximum Gasteiger partial charge on any atom is 0.138 e. The molecule has 0 bridgehead atoms. The van der Waals surface area contributed by atoms with Crippen LogP contribution in [0.2, 0.25) is 0 Å². The lowest BCUT2D eigenvalue weighted by Crippen LogP contribution is -1.89. The van der Waals surface area contributed by atoms with Gasteiger partial charge in [-0.15, -0.1) is 0 Å². The zero-order valence-electron chi connectivity index (χ0n) is 15.4. The third-order valence-corrected chi connectivity index (χ3v) is 5.40. The number of aromatic amines is 1.